The molecule has 1 aromatic carbocycles. The van der Waals surface area contributed by atoms with E-state index in [-0.39, 0.29) is 5.78 Å². The summed E-state index contributed by atoms with van der Waals surface area (Å²) >= 11 is 1.40. The predicted octanol–water partition coefficient (Wildman–Crippen LogP) is 3.58. The molecular formula is C20H22N4O2S. The molecule has 0 atom stereocenters. The van der Waals surface area contributed by atoms with Crippen molar-refractivity contribution in [2.45, 2.75) is 25.5 Å². The molecule has 7 heteroatoms. The van der Waals surface area contributed by atoms with Crippen LogP contribution in [0, 0.1) is 13.8 Å². The first kappa shape index (κ1) is 19.3. The van der Waals surface area contributed by atoms with Crippen LogP contribution in [-0.2, 0) is 11.3 Å². The monoisotopic (exact) mass is 382 g/mol. The lowest BCUT2D eigenvalue weighted by molar-refractivity contribution is 0.102. The summed E-state index contributed by atoms with van der Waals surface area (Å²) in [7, 11) is 1.66. The summed E-state index contributed by atoms with van der Waals surface area (Å²) in [5, 5.41) is 9.32. The highest BCUT2D eigenvalue weighted by molar-refractivity contribution is 7.99. The van der Waals surface area contributed by atoms with Crippen LogP contribution in [0.2, 0.25) is 0 Å². The van der Waals surface area contributed by atoms with Crippen LogP contribution in [0.15, 0.2) is 47.9 Å². The maximum absolute atomic E-state index is 12.7. The molecule has 3 aromatic rings. The number of thioether (sulfide) groups is 1. The number of nitrogens with zero attached hydrogens (tertiary/aromatic N) is 4. The van der Waals surface area contributed by atoms with Gasteiger partial charge in [-0.1, -0.05) is 29.5 Å². The first-order valence-corrected chi connectivity index (χ1v) is 9.64. The van der Waals surface area contributed by atoms with Gasteiger partial charge in [0.25, 0.3) is 0 Å². The summed E-state index contributed by atoms with van der Waals surface area (Å²) < 4.78 is 7.21. The van der Waals surface area contributed by atoms with Crippen molar-refractivity contribution < 1.29 is 9.53 Å². The molecule has 0 bridgehead atoms. The summed E-state index contributed by atoms with van der Waals surface area (Å²) in [5.41, 5.74) is 3.77. The minimum Gasteiger partial charge on any atom is -0.383 e. The Balaban J connectivity index is 1.81. The highest BCUT2D eigenvalue weighted by Gasteiger charge is 2.17. The molecule has 0 saturated heterocycles. The molecule has 3 rings (SSSR count). The first-order valence-electron chi connectivity index (χ1n) is 8.66. The Hall–Kier alpha value is -2.51. The number of hydrogen-bond acceptors (Lipinski definition) is 6. The summed E-state index contributed by atoms with van der Waals surface area (Å²) in [5.74, 6) is 1.15. The van der Waals surface area contributed by atoms with Crippen LogP contribution in [-0.4, -0.2) is 45.0 Å². The highest BCUT2D eigenvalue weighted by Crippen LogP contribution is 2.25. The second-order valence-corrected chi connectivity index (χ2v) is 7.16. The maximum atomic E-state index is 12.7. The topological polar surface area (TPSA) is 69.9 Å². The standard InChI is InChI=1S/C20H22N4O2S/c1-14-4-5-15(2)17(12-14)18(25)13-27-20-23-22-19(24(20)10-11-26-3)16-6-8-21-9-7-16/h4-9,12H,10-11,13H2,1-3H3. The molecule has 0 fully saturated rings. The second kappa shape index (κ2) is 8.92. The number of rotatable bonds is 8. The van der Waals surface area contributed by atoms with E-state index in [1.165, 1.54) is 11.8 Å². The number of hydrogen-bond donors (Lipinski definition) is 0. The van der Waals surface area contributed by atoms with E-state index in [9.17, 15) is 4.79 Å². The lowest BCUT2D eigenvalue weighted by Crippen LogP contribution is -2.10. The molecule has 27 heavy (non-hydrogen) atoms. The van der Waals surface area contributed by atoms with Crippen molar-refractivity contribution in [3.05, 3.63) is 59.4 Å². The van der Waals surface area contributed by atoms with E-state index >= 15 is 0 Å². The largest absolute Gasteiger partial charge is 0.383 e. The number of carbonyl (C=O) groups is 1. The van der Waals surface area contributed by atoms with Gasteiger partial charge in [0, 0.05) is 30.6 Å². The first-order chi connectivity index (χ1) is 13.1. The Bertz CT molecular complexity index is 925. The molecule has 140 valence electrons. The molecule has 0 N–H and O–H groups in total. The number of pyridine rings is 1. The molecule has 0 unspecified atom stereocenters. The molecule has 6 nitrogen and oxygen atoms in total. The molecule has 0 aliphatic carbocycles. The van der Waals surface area contributed by atoms with Crippen LogP contribution >= 0.6 is 11.8 Å². The van der Waals surface area contributed by atoms with Gasteiger partial charge in [0.1, 0.15) is 0 Å². The third-order valence-electron chi connectivity index (χ3n) is 4.20. The summed E-state index contributed by atoms with van der Waals surface area (Å²) in [4.78, 5) is 16.7. The number of aryl methyl sites for hydroxylation is 2. The zero-order chi connectivity index (χ0) is 19.2. The quantitative estimate of drug-likeness (QED) is 0.438. The molecule has 0 amide bonds. The Kier molecular flexibility index (Phi) is 6.36. The van der Waals surface area contributed by atoms with E-state index in [2.05, 4.69) is 15.2 Å². The normalized spacial score (nSPS) is 10.9. The fourth-order valence-electron chi connectivity index (χ4n) is 2.74. The highest BCUT2D eigenvalue weighted by atomic mass is 32.2. The van der Waals surface area contributed by atoms with Gasteiger partial charge in [-0.15, -0.1) is 10.2 Å². The van der Waals surface area contributed by atoms with Crippen LogP contribution in [0.1, 0.15) is 21.5 Å². The van der Waals surface area contributed by atoms with Gasteiger partial charge in [0.2, 0.25) is 0 Å². The predicted molar refractivity (Wildman–Crippen MR) is 106 cm³/mol. The van der Waals surface area contributed by atoms with Crippen molar-refractivity contribution in [3.63, 3.8) is 0 Å². The van der Waals surface area contributed by atoms with Gasteiger partial charge in [0.05, 0.1) is 18.9 Å². The smallest absolute Gasteiger partial charge is 0.192 e. The zero-order valence-electron chi connectivity index (χ0n) is 15.7. The minimum atomic E-state index is 0.0907. The third kappa shape index (κ3) is 4.61. The van der Waals surface area contributed by atoms with Crippen molar-refractivity contribution in [1.29, 1.82) is 0 Å². The van der Waals surface area contributed by atoms with E-state index in [1.807, 2.05) is 48.7 Å². The number of ketones is 1. The van der Waals surface area contributed by atoms with Crippen molar-refractivity contribution in [2.75, 3.05) is 19.5 Å². The maximum Gasteiger partial charge on any atom is 0.192 e. The molecule has 2 aromatic heterocycles. The molecule has 2 heterocycles. The Morgan fingerprint density at radius 3 is 2.67 bits per heavy atom. The van der Waals surface area contributed by atoms with Gasteiger partial charge in [-0.25, -0.2) is 0 Å². The molecule has 0 aliphatic rings. The van der Waals surface area contributed by atoms with Gasteiger partial charge < -0.3 is 4.74 Å². The molecule has 0 spiro atoms. The fourth-order valence-corrected chi connectivity index (χ4v) is 3.59. The van der Waals surface area contributed by atoms with Crippen LogP contribution in [0.5, 0.6) is 0 Å². The second-order valence-electron chi connectivity index (χ2n) is 6.22. The van der Waals surface area contributed by atoms with Gasteiger partial charge in [-0.2, -0.15) is 0 Å². The van der Waals surface area contributed by atoms with Gasteiger partial charge in [0.15, 0.2) is 16.8 Å². The number of benzene rings is 1. The number of aromatic nitrogens is 4. The third-order valence-corrected chi connectivity index (χ3v) is 5.17. The van der Waals surface area contributed by atoms with Crippen LogP contribution in [0.3, 0.4) is 0 Å². The van der Waals surface area contributed by atoms with E-state index < -0.39 is 0 Å². The van der Waals surface area contributed by atoms with Crippen molar-refractivity contribution in [3.8, 4) is 11.4 Å². The lowest BCUT2D eigenvalue weighted by atomic mass is 10.0. The van der Waals surface area contributed by atoms with E-state index in [0.29, 0.717) is 24.1 Å². The van der Waals surface area contributed by atoms with E-state index in [4.69, 9.17) is 4.74 Å². The van der Waals surface area contributed by atoms with Crippen LogP contribution < -0.4 is 0 Å². The average molecular weight is 382 g/mol. The molecular weight excluding hydrogens is 360 g/mol. The van der Waals surface area contributed by atoms with Crippen molar-refractivity contribution in [1.82, 2.24) is 19.7 Å². The number of carbonyl (C=O) groups excluding carboxylic acids is 1. The Labute approximate surface area is 163 Å². The van der Waals surface area contributed by atoms with Crippen molar-refractivity contribution in [2.24, 2.45) is 0 Å². The lowest BCUT2D eigenvalue weighted by Gasteiger charge is -2.10. The number of Topliss-reactive ketones (excluding diaryl/α,β-unsaturated/α-hetero) is 1. The zero-order valence-corrected chi connectivity index (χ0v) is 16.5. The van der Waals surface area contributed by atoms with Crippen LogP contribution in [0.25, 0.3) is 11.4 Å². The molecule has 0 aliphatic heterocycles. The molecule has 0 radical (unpaired) electrons. The number of ether oxygens (including phenoxy) is 1. The summed E-state index contributed by atoms with van der Waals surface area (Å²) in [6.45, 7) is 5.10. The van der Waals surface area contributed by atoms with Gasteiger partial charge in [-0.3, -0.25) is 14.3 Å². The Morgan fingerprint density at radius 2 is 1.93 bits per heavy atom. The van der Waals surface area contributed by atoms with E-state index in [0.717, 1.165) is 28.1 Å². The minimum absolute atomic E-state index is 0.0907. The van der Waals surface area contributed by atoms with Crippen molar-refractivity contribution >= 4 is 17.5 Å². The van der Waals surface area contributed by atoms with Gasteiger partial charge >= 0.3 is 0 Å². The van der Waals surface area contributed by atoms with E-state index in [1.54, 1.807) is 19.5 Å². The average Bonchev–Trinajstić information content (AvgIpc) is 3.09. The van der Waals surface area contributed by atoms with Gasteiger partial charge in [-0.05, 0) is 37.6 Å². The summed E-state index contributed by atoms with van der Waals surface area (Å²) in [6.07, 6.45) is 3.45. The molecule has 0 saturated carbocycles. The fraction of sp³-hybridized carbons (Fsp3) is 0.300. The number of methoxy groups -OCH3 is 1. The summed E-state index contributed by atoms with van der Waals surface area (Å²) in [6, 6.07) is 9.72. The van der Waals surface area contributed by atoms with Crippen LogP contribution in [0.4, 0.5) is 0 Å². The SMILES string of the molecule is COCCn1c(SCC(=O)c2cc(C)ccc2C)nnc1-c1ccncc1. The Morgan fingerprint density at radius 1 is 1.15 bits per heavy atom.